The highest BCUT2D eigenvalue weighted by Crippen LogP contribution is 2.32. The molecule has 202 valence electrons. The van der Waals surface area contributed by atoms with Gasteiger partial charge >= 0.3 is 5.97 Å². The summed E-state index contributed by atoms with van der Waals surface area (Å²) >= 11 is 0. The van der Waals surface area contributed by atoms with Crippen LogP contribution in [0, 0.1) is 5.92 Å². The van der Waals surface area contributed by atoms with Gasteiger partial charge in [0.2, 0.25) is 11.8 Å². The molecule has 3 aromatic carbocycles. The van der Waals surface area contributed by atoms with E-state index in [2.05, 4.69) is 5.32 Å². The van der Waals surface area contributed by atoms with Gasteiger partial charge in [-0.2, -0.15) is 0 Å². The summed E-state index contributed by atoms with van der Waals surface area (Å²) in [4.78, 5) is 24.7. The molecule has 1 amide bonds. The molecule has 0 aliphatic heterocycles. The summed E-state index contributed by atoms with van der Waals surface area (Å²) in [6, 6.07) is 20.9. The zero-order valence-electron chi connectivity index (χ0n) is 22.3. The lowest BCUT2D eigenvalue weighted by molar-refractivity contribution is -0.117. The average molecular weight is 528 g/mol. The monoisotopic (exact) mass is 527 g/mol. The summed E-state index contributed by atoms with van der Waals surface area (Å²) in [6.45, 7) is 0.749. The zero-order valence-corrected chi connectivity index (χ0v) is 22.3. The normalized spacial score (nSPS) is 13.4. The number of nitrogens with zero attached hydrogens (tertiary/aromatic N) is 2. The lowest BCUT2D eigenvalue weighted by Crippen LogP contribution is -2.15. The van der Waals surface area contributed by atoms with E-state index < -0.39 is 5.97 Å². The molecule has 0 spiro atoms. The number of rotatable bonds is 10. The molecule has 1 aliphatic rings. The Kier molecular flexibility index (Phi) is 8.10. The van der Waals surface area contributed by atoms with Crippen molar-refractivity contribution in [2.24, 2.45) is 5.92 Å². The van der Waals surface area contributed by atoms with Crippen LogP contribution in [0.15, 0.2) is 66.7 Å². The molecule has 5 rings (SSSR count). The quantitative estimate of drug-likeness (QED) is 0.255. The second-order valence-corrected chi connectivity index (χ2v) is 9.89. The number of anilines is 1. The second-order valence-electron chi connectivity index (χ2n) is 9.89. The average Bonchev–Trinajstić information content (AvgIpc) is 3.59. The van der Waals surface area contributed by atoms with Gasteiger partial charge in [-0.15, -0.1) is 5.10 Å². The van der Waals surface area contributed by atoms with Crippen LogP contribution < -0.4 is 14.8 Å². The maximum absolute atomic E-state index is 12.7. The standard InChI is InChI=1S/C31H33N3O5/c1-37-28-17-23(31(36)38-2)12-13-24(28)19-34-27-18-25(32-29(35)16-21-8-6-7-9-21)14-15-26(27)30(33-34)39-20-22-10-4-3-5-11-22/h3-5,10-15,17-18,21H,6-9,16,19-20H2,1-2H3,(H,32,35). The van der Waals surface area contributed by atoms with Gasteiger partial charge < -0.3 is 19.5 Å². The molecule has 0 bridgehead atoms. The van der Waals surface area contributed by atoms with E-state index in [1.54, 1.807) is 19.2 Å². The Bertz CT molecular complexity index is 1460. The van der Waals surface area contributed by atoms with E-state index in [0.717, 1.165) is 34.9 Å². The van der Waals surface area contributed by atoms with Gasteiger partial charge in [0.1, 0.15) is 12.4 Å². The smallest absolute Gasteiger partial charge is 0.337 e. The van der Waals surface area contributed by atoms with Crippen molar-refractivity contribution in [2.75, 3.05) is 19.5 Å². The first-order valence-electron chi connectivity index (χ1n) is 13.3. The number of esters is 1. The van der Waals surface area contributed by atoms with Crippen molar-refractivity contribution in [1.82, 2.24) is 9.78 Å². The fourth-order valence-corrected chi connectivity index (χ4v) is 5.14. The van der Waals surface area contributed by atoms with E-state index in [4.69, 9.17) is 19.3 Å². The number of fused-ring (bicyclic) bond motifs is 1. The van der Waals surface area contributed by atoms with Gasteiger partial charge in [-0.05, 0) is 54.7 Å². The third kappa shape index (κ3) is 6.22. The number of aromatic nitrogens is 2. The van der Waals surface area contributed by atoms with Gasteiger partial charge in [-0.25, -0.2) is 4.79 Å². The summed E-state index contributed by atoms with van der Waals surface area (Å²) in [6.07, 6.45) is 5.21. The molecule has 39 heavy (non-hydrogen) atoms. The number of ether oxygens (including phenoxy) is 3. The molecule has 0 atom stereocenters. The molecule has 1 fully saturated rings. The number of carbonyl (C=O) groups is 2. The molecule has 1 aliphatic carbocycles. The SMILES string of the molecule is COC(=O)c1ccc(Cn2nc(OCc3ccccc3)c3ccc(NC(=O)CC4CCCC4)cc32)c(OC)c1. The molecule has 0 saturated heterocycles. The molecule has 1 saturated carbocycles. The van der Waals surface area contributed by atoms with Gasteiger partial charge in [0.05, 0.1) is 37.2 Å². The summed E-state index contributed by atoms with van der Waals surface area (Å²) in [5, 5.41) is 8.70. The predicted octanol–water partition coefficient (Wildman–Crippen LogP) is 5.98. The molecule has 0 radical (unpaired) electrons. The molecule has 8 heteroatoms. The van der Waals surface area contributed by atoms with Crippen molar-refractivity contribution >= 4 is 28.5 Å². The van der Waals surface area contributed by atoms with Crippen LogP contribution >= 0.6 is 0 Å². The zero-order chi connectivity index (χ0) is 27.2. The van der Waals surface area contributed by atoms with Gasteiger partial charge in [-0.3, -0.25) is 9.48 Å². The maximum atomic E-state index is 12.7. The minimum Gasteiger partial charge on any atom is -0.496 e. The van der Waals surface area contributed by atoms with E-state index in [-0.39, 0.29) is 5.91 Å². The summed E-state index contributed by atoms with van der Waals surface area (Å²) in [5.74, 6) is 1.13. The lowest BCUT2D eigenvalue weighted by Gasteiger charge is -2.12. The molecule has 1 heterocycles. The van der Waals surface area contributed by atoms with Crippen LogP contribution in [0.25, 0.3) is 10.9 Å². The second kappa shape index (κ2) is 12.0. The number of hydrogen-bond donors (Lipinski definition) is 1. The molecular weight excluding hydrogens is 494 g/mol. The van der Waals surface area contributed by atoms with Crippen LogP contribution in [0.3, 0.4) is 0 Å². The minimum absolute atomic E-state index is 0.0351. The first-order valence-corrected chi connectivity index (χ1v) is 13.3. The van der Waals surface area contributed by atoms with E-state index in [0.29, 0.717) is 48.4 Å². The molecule has 4 aromatic rings. The highest BCUT2D eigenvalue weighted by molar-refractivity contribution is 5.95. The van der Waals surface area contributed by atoms with E-state index in [1.165, 1.54) is 20.0 Å². The van der Waals surface area contributed by atoms with Crippen molar-refractivity contribution in [3.8, 4) is 11.6 Å². The molecular formula is C31H33N3O5. The number of nitrogens with one attached hydrogen (secondary N) is 1. The van der Waals surface area contributed by atoms with Gasteiger partial charge in [0.25, 0.3) is 0 Å². The highest BCUT2D eigenvalue weighted by atomic mass is 16.5. The van der Waals surface area contributed by atoms with Crippen molar-refractivity contribution in [2.45, 2.75) is 45.3 Å². The summed E-state index contributed by atoms with van der Waals surface area (Å²) in [7, 11) is 2.91. The first kappa shape index (κ1) is 26.3. The van der Waals surface area contributed by atoms with Crippen LogP contribution in [0.4, 0.5) is 5.69 Å². The number of hydrogen-bond acceptors (Lipinski definition) is 6. The van der Waals surface area contributed by atoms with Crippen LogP contribution in [-0.4, -0.2) is 35.9 Å². The minimum atomic E-state index is -0.432. The number of methoxy groups -OCH3 is 2. The Morgan fingerprint density at radius 1 is 1.00 bits per heavy atom. The van der Waals surface area contributed by atoms with E-state index in [9.17, 15) is 9.59 Å². The van der Waals surface area contributed by atoms with Crippen LogP contribution in [0.2, 0.25) is 0 Å². The first-order chi connectivity index (χ1) is 19.0. The Morgan fingerprint density at radius 3 is 2.54 bits per heavy atom. The molecule has 1 N–H and O–H groups in total. The van der Waals surface area contributed by atoms with Crippen molar-refractivity contribution in [1.29, 1.82) is 0 Å². The lowest BCUT2D eigenvalue weighted by atomic mass is 10.0. The molecule has 8 nitrogen and oxygen atoms in total. The van der Waals surface area contributed by atoms with E-state index >= 15 is 0 Å². The van der Waals surface area contributed by atoms with Crippen molar-refractivity contribution < 1.29 is 23.8 Å². The van der Waals surface area contributed by atoms with Crippen LogP contribution in [-0.2, 0) is 22.7 Å². The van der Waals surface area contributed by atoms with E-state index in [1.807, 2.05) is 59.3 Å². The number of carbonyl (C=O) groups excluding carboxylic acids is 2. The topological polar surface area (TPSA) is 91.7 Å². The van der Waals surface area contributed by atoms with Crippen molar-refractivity contribution in [3.05, 3.63) is 83.4 Å². The fraction of sp³-hybridized carbons (Fsp3) is 0.323. The molecule has 0 unspecified atom stereocenters. The maximum Gasteiger partial charge on any atom is 0.337 e. The van der Waals surface area contributed by atoms with Gasteiger partial charge in [0.15, 0.2) is 0 Å². The Labute approximate surface area is 227 Å². The number of amides is 1. The summed E-state index contributed by atoms with van der Waals surface area (Å²) in [5.41, 5.74) is 3.81. The Balaban J connectivity index is 1.45. The van der Waals surface area contributed by atoms with Crippen LogP contribution in [0.5, 0.6) is 11.6 Å². The largest absolute Gasteiger partial charge is 0.496 e. The van der Waals surface area contributed by atoms with Gasteiger partial charge in [-0.1, -0.05) is 49.2 Å². The number of benzene rings is 3. The third-order valence-corrected chi connectivity index (χ3v) is 7.20. The Hall–Kier alpha value is -4.33. The third-order valence-electron chi connectivity index (χ3n) is 7.20. The highest BCUT2D eigenvalue weighted by Gasteiger charge is 2.20. The summed E-state index contributed by atoms with van der Waals surface area (Å²) < 4.78 is 18.4. The van der Waals surface area contributed by atoms with Gasteiger partial charge in [0, 0.05) is 17.7 Å². The fourth-order valence-electron chi connectivity index (χ4n) is 5.14. The van der Waals surface area contributed by atoms with Crippen molar-refractivity contribution in [3.63, 3.8) is 0 Å². The van der Waals surface area contributed by atoms with Crippen LogP contribution in [0.1, 0.15) is 53.6 Å². The molecule has 1 aromatic heterocycles. The Morgan fingerprint density at radius 2 is 1.79 bits per heavy atom. The predicted molar refractivity (Wildman–Crippen MR) is 149 cm³/mol.